The molecule has 3 heteroatoms. The molecule has 13 heavy (non-hydrogen) atoms. The highest BCUT2D eigenvalue weighted by Gasteiger charge is 2.33. The summed E-state index contributed by atoms with van der Waals surface area (Å²) in [5.74, 6) is 1.67. The van der Waals surface area contributed by atoms with Crippen molar-refractivity contribution in [1.29, 1.82) is 0 Å². The predicted molar refractivity (Wildman–Crippen MR) is 49.8 cm³/mol. The topological polar surface area (TPSA) is 35.5 Å². The summed E-state index contributed by atoms with van der Waals surface area (Å²) in [5.41, 5.74) is -0.406. The first kappa shape index (κ1) is 11.6. The lowest BCUT2D eigenvalue weighted by molar-refractivity contribution is -0.155. The second kappa shape index (κ2) is 4.56. The van der Waals surface area contributed by atoms with Crippen LogP contribution in [0.4, 0.5) is 0 Å². The van der Waals surface area contributed by atoms with Crippen LogP contribution in [-0.4, -0.2) is 18.7 Å². The van der Waals surface area contributed by atoms with E-state index in [4.69, 9.17) is 11.2 Å². The van der Waals surface area contributed by atoms with Gasteiger partial charge in [0.25, 0.3) is 5.60 Å². The van der Waals surface area contributed by atoms with Crippen LogP contribution in [0.25, 0.3) is 0 Å². The van der Waals surface area contributed by atoms with Gasteiger partial charge in [0, 0.05) is 0 Å². The van der Waals surface area contributed by atoms with Crippen LogP contribution < -0.4 is 0 Å². The molecule has 0 radical (unpaired) electrons. The van der Waals surface area contributed by atoms with Gasteiger partial charge in [-0.1, -0.05) is 0 Å². The van der Waals surface area contributed by atoms with Crippen LogP contribution >= 0.6 is 0 Å². The molecule has 3 nitrogen and oxygen atoms in total. The third-order valence-corrected chi connectivity index (χ3v) is 1.38. The number of carbonyl (C=O) groups excluding carboxylic acids is 1. The maximum absolute atomic E-state index is 11.2. The zero-order valence-electron chi connectivity index (χ0n) is 8.38. The fraction of sp³-hybridized carbons (Fsp3) is 0.500. The van der Waals surface area contributed by atoms with E-state index >= 15 is 0 Å². The van der Waals surface area contributed by atoms with Gasteiger partial charge in [-0.15, -0.1) is 6.42 Å². The molecule has 1 unspecified atom stereocenters. The zero-order chi connectivity index (χ0) is 10.5. The molecule has 0 saturated heterocycles. The molecule has 0 aliphatic rings. The van der Waals surface area contributed by atoms with Gasteiger partial charge in [0.1, 0.15) is 0 Å². The minimum Gasteiger partial charge on any atom is -0.471 e. The van der Waals surface area contributed by atoms with Gasteiger partial charge in [0.05, 0.1) is 13.4 Å². The fourth-order valence-electron chi connectivity index (χ4n) is 0.572. The molecule has 0 aromatic rings. The van der Waals surface area contributed by atoms with Gasteiger partial charge in [-0.25, -0.2) is 4.79 Å². The van der Waals surface area contributed by atoms with Crippen molar-refractivity contribution >= 4 is 5.97 Å². The highest BCUT2D eigenvalue weighted by atomic mass is 16.6. The maximum atomic E-state index is 11.2. The SMILES string of the molecule is C#CC(C)(OC=C(C)C)C(=O)OC. The van der Waals surface area contributed by atoms with Gasteiger partial charge >= 0.3 is 5.97 Å². The van der Waals surface area contributed by atoms with Crippen molar-refractivity contribution in [2.75, 3.05) is 7.11 Å². The molecule has 0 fully saturated rings. The van der Waals surface area contributed by atoms with Gasteiger partial charge in [-0.2, -0.15) is 0 Å². The molecule has 0 spiro atoms. The summed E-state index contributed by atoms with van der Waals surface area (Å²) in [5, 5.41) is 0. The molecule has 0 saturated carbocycles. The number of carbonyl (C=O) groups is 1. The lowest BCUT2D eigenvalue weighted by atomic mass is 10.1. The monoisotopic (exact) mass is 182 g/mol. The molecular weight excluding hydrogens is 168 g/mol. The van der Waals surface area contributed by atoms with Gasteiger partial charge in [-0.05, 0) is 32.3 Å². The van der Waals surface area contributed by atoms with Crippen LogP contribution in [0.15, 0.2) is 11.8 Å². The fourth-order valence-corrected chi connectivity index (χ4v) is 0.572. The summed E-state index contributed by atoms with van der Waals surface area (Å²) in [7, 11) is 1.27. The summed E-state index contributed by atoms with van der Waals surface area (Å²) < 4.78 is 9.62. The van der Waals surface area contributed by atoms with E-state index in [-0.39, 0.29) is 0 Å². The molecule has 0 aromatic heterocycles. The Morgan fingerprint density at radius 1 is 1.54 bits per heavy atom. The van der Waals surface area contributed by atoms with Gasteiger partial charge < -0.3 is 9.47 Å². The van der Waals surface area contributed by atoms with Crippen molar-refractivity contribution in [3.63, 3.8) is 0 Å². The van der Waals surface area contributed by atoms with Crippen molar-refractivity contribution in [2.24, 2.45) is 0 Å². The molecule has 0 bridgehead atoms. The third kappa shape index (κ3) is 3.20. The second-order valence-corrected chi connectivity index (χ2v) is 2.98. The number of allylic oxidation sites excluding steroid dienone is 1. The molecular formula is C10H14O3. The Hall–Kier alpha value is -1.43. The molecule has 1 atom stereocenters. The minimum absolute atomic E-state index is 0.576. The lowest BCUT2D eigenvalue weighted by Gasteiger charge is -2.19. The van der Waals surface area contributed by atoms with Crippen LogP contribution in [0.1, 0.15) is 20.8 Å². The van der Waals surface area contributed by atoms with E-state index in [1.165, 1.54) is 20.3 Å². The van der Waals surface area contributed by atoms with Crippen LogP contribution in [0.3, 0.4) is 0 Å². The Kier molecular flexibility index (Phi) is 4.06. The van der Waals surface area contributed by atoms with Crippen molar-refractivity contribution in [3.05, 3.63) is 11.8 Å². The lowest BCUT2D eigenvalue weighted by Crippen LogP contribution is -2.36. The Morgan fingerprint density at radius 2 is 2.08 bits per heavy atom. The van der Waals surface area contributed by atoms with Crippen molar-refractivity contribution in [3.8, 4) is 12.3 Å². The predicted octanol–water partition coefficient (Wildman–Crippen LogP) is 1.49. The largest absolute Gasteiger partial charge is 0.471 e. The molecule has 0 N–H and O–H groups in total. The highest BCUT2D eigenvalue weighted by Crippen LogP contribution is 2.12. The Labute approximate surface area is 78.7 Å². The van der Waals surface area contributed by atoms with E-state index in [1.807, 2.05) is 13.8 Å². The van der Waals surface area contributed by atoms with E-state index in [1.54, 1.807) is 0 Å². The van der Waals surface area contributed by atoms with Crippen LogP contribution in [-0.2, 0) is 14.3 Å². The van der Waals surface area contributed by atoms with E-state index in [2.05, 4.69) is 10.7 Å². The van der Waals surface area contributed by atoms with E-state index in [0.29, 0.717) is 0 Å². The van der Waals surface area contributed by atoms with E-state index < -0.39 is 11.6 Å². The second-order valence-electron chi connectivity index (χ2n) is 2.98. The quantitative estimate of drug-likeness (QED) is 0.377. The molecule has 0 aliphatic carbocycles. The molecule has 72 valence electrons. The van der Waals surface area contributed by atoms with Crippen molar-refractivity contribution in [2.45, 2.75) is 26.4 Å². The van der Waals surface area contributed by atoms with Crippen LogP contribution in [0.2, 0.25) is 0 Å². The maximum Gasteiger partial charge on any atom is 0.362 e. The Balaban J connectivity index is 4.58. The molecule has 0 aromatic carbocycles. The van der Waals surface area contributed by atoms with Crippen LogP contribution in [0, 0.1) is 12.3 Å². The van der Waals surface area contributed by atoms with E-state index in [0.717, 1.165) is 5.57 Å². The summed E-state index contributed by atoms with van der Waals surface area (Å²) in [6.07, 6.45) is 6.61. The first-order chi connectivity index (χ1) is 5.96. The number of terminal acetylenes is 1. The molecule has 0 aliphatic heterocycles. The summed E-state index contributed by atoms with van der Waals surface area (Å²) in [4.78, 5) is 11.2. The molecule has 0 amide bonds. The van der Waals surface area contributed by atoms with Crippen LogP contribution in [0.5, 0.6) is 0 Å². The van der Waals surface area contributed by atoms with Gasteiger partial charge in [-0.3, -0.25) is 0 Å². The third-order valence-electron chi connectivity index (χ3n) is 1.38. The van der Waals surface area contributed by atoms with Crippen molar-refractivity contribution < 1.29 is 14.3 Å². The number of methoxy groups -OCH3 is 1. The summed E-state index contributed by atoms with van der Waals surface area (Å²) in [6.45, 7) is 5.17. The normalized spacial score (nSPS) is 13.5. The zero-order valence-corrected chi connectivity index (χ0v) is 8.38. The first-order valence-electron chi connectivity index (χ1n) is 3.83. The smallest absolute Gasteiger partial charge is 0.362 e. The number of rotatable bonds is 3. The first-order valence-corrected chi connectivity index (χ1v) is 3.83. The Morgan fingerprint density at radius 3 is 2.38 bits per heavy atom. The summed E-state index contributed by atoms with van der Waals surface area (Å²) >= 11 is 0. The number of hydrogen-bond acceptors (Lipinski definition) is 3. The number of hydrogen-bond donors (Lipinski definition) is 0. The highest BCUT2D eigenvalue weighted by molar-refractivity contribution is 5.82. The standard InChI is InChI=1S/C10H14O3/c1-6-10(4,9(11)12-5)13-7-8(2)3/h1,7H,2-5H3. The minimum atomic E-state index is -1.33. The molecule has 0 heterocycles. The van der Waals surface area contributed by atoms with Gasteiger partial charge in [0.15, 0.2) is 0 Å². The average Bonchev–Trinajstić information content (AvgIpc) is 2.12. The average molecular weight is 182 g/mol. The summed E-state index contributed by atoms with van der Waals surface area (Å²) in [6, 6.07) is 0. The Bertz CT molecular complexity index is 256. The van der Waals surface area contributed by atoms with Gasteiger partial charge in [0.2, 0.25) is 0 Å². The van der Waals surface area contributed by atoms with Crippen molar-refractivity contribution in [1.82, 2.24) is 0 Å². The number of esters is 1. The number of ether oxygens (including phenoxy) is 2. The molecule has 0 rings (SSSR count). The van der Waals surface area contributed by atoms with E-state index in [9.17, 15) is 4.79 Å².